The summed E-state index contributed by atoms with van der Waals surface area (Å²) in [4.78, 5) is 0. The summed E-state index contributed by atoms with van der Waals surface area (Å²) in [5.74, 6) is -1.53. The van der Waals surface area contributed by atoms with Crippen LogP contribution in [0.25, 0.3) is 0 Å². The second kappa shape index (κ2) is 5.35. The van der Waals surface area contributed by atoms with Crippen molar-refractivity contribution in [2.75, 3.05) is 0 Å². The van der Waals surface area contributed by atoms with Crippen LogP contribution in [0.1, 0.15) is 44.6 Å². The predicted molar refractivity (Wildman–Crippen MR) is 69.2 cm³/mol. The lowest BCUT2D eigenvalue weighted by molar-refractivity contribution is 0.168. The molecule has 0 aromatic heterocycles. The Kier molecular flexibility index (Phi) is 4.00. The molecule has 2 rings (SSSR count). The van der Waals surface area contributed by atoms with Gasteiger partial charge < -0.3 is 5.73 Å². The predicted octanol–water partition coefficient (Wildman–Crippen LogP) is 3.81. The summed E-state index contributed by atoms with van der Waals surface area (Å²) in [6.07, 6.45) is 6.23. The molecule has 18 heavy (non-hydrogen) atoms. The van der Waals surface area contributed by atoms with Gasteiger partial charge in [-0.15, -0.1) is 0 Å². The molecule has 0 bridgehead atoms. The topological polar surface area (TPSA) is 26.0 Å². The molecule has 1 aromatic rings. The molecule has 1 aromatic carbocycles. The number of nitrogens with two attached hydrogens (primary N) is 1. The molecule has 1 unspecified atom stereocenters. The van der Waals surface area contributed by atoms with Crippen molar-refractivity contribution in [2.45, 2.75) is 51.5 Å². The van der Waals surface area contributed by atoms with Crippen molar-refractivity contribution in [3.05, 3.63) is 35.4 Å². The molecule has 1 saturated carbocycles. The zero-order valence-electron chi connectivity index (χ0n) is 10.9. The normalized spacial score (nSPS) is 20.7. The van der Waals surface area contributed by atoms with E-state index in [1.165, 1.54) is 19.3 Å². The Morgan fingerprint density at radius 3 is 2.56 bits per heavy atom. The van der Waals surface area contributed by atoms with Gasteiger partial charge in [0.05, 0.1) is 0 Å². The first-order valence-electron chi connectivity index (χ1n) is 6.71. The average molecular weight is 253 g/mol. The molecular weight excluding hydrogens is 232 g/mol. The molecule has 0 aliphatic heterocycles. The van der Waals surface area contributed by atoms with Crippen molar-refractivity contribution in [3.8, 4) is 0 Å². The molecule has 100 valence electrons. The van der Waals surface area contributed by atoms with Gasteiger partial charge in [-0.2, -0.15) is 0 Å². The van der Waals surface area contributed by atoms with Crippen molar-refractivity contribution in [3.63, 3.8) is 0 Å². The summed E-state index contributed by atoms with van der Waals surface area (Å²) >= 11 is 0. The van der Waals surface area contributed by atoms with E-state index in [0.717, 1.165) is 18.9 Å². The molecule has 1 nitrogen and oxygen atoms in total. The average Bonchev–Trinajstić information content (AvgIpc) is 2.36. The molecule has 0 radical (unpaired) electrons. The van der Waals surface area contributed by atoms with Crippen LogP contribution in [0, 0.1) is 17.0 Å². The summed E-state index contributed by atoms with van der Waals surface area (Å²) in [5.41, 5.74) is 6.71. The summed E-state index contributed by atoms with van der Waals surface area (Å²) in [7, 11) is 0. The van der Waals surface area contributed by atoms with Gasteiger partial charge in [0.25, 0.3) is 0 Å². The van der Waals surface area contributed by atoms with Crippen LogP contribution in [-0.2, 0) is 6.42 Å². The summed E-state index contributed by atoms with van der Waals surface area (Å²) < 4.78 is 26.8. The van der Waals surface area contributed by atoms with E-state index in [1.54, 1.807) is 12.1 Å². The lowest BCUT2D eigenvalue weighted by Gasteiger charge is -2.39. The third kappa shape index (κ3) is 2.72. The molecule has 0 amide bonds. The van der Waals surface area contributed by atoms with Crippen molar-refractivity contribution in [1.29, 1.82) is 0 Å². The number of hydrogen-bond acceptors (Lipinski definition) is 1. The molecule has 0 spiro atoms. The van der Waals surface area contributed by atoms with Crippen LogP contribution in [0.2, 0.25) is 0 Å². The van der Waals surface area contributed by atoms with Gasteiger partial charge in [-0.1, -0.05) is 38.3 Å². The van der Waals surface area contributed by atoms with E-state index in [1.807, 2.05) is 0 Å². The molecule has 1 aliphatic carbocycles. The highest BCUT2D eigenvalue weighted by Gasteiger charge is 2.33. The lowest BCUT2D eigenvalue weighted by Crippen LogP contribution is -2.42. The van der Waals surface area contributed by atoms with E-state index in [-0.39, 0.29) is 11.5 Å². The van der Waals surface area contributed by atoms with Gasteiger partial charge in [0.15, 0.2) is 11.6 Å². The van der Waals surface area contributed by atoms with Crippen LogP contribution in [0.15, 0.2) is 18.2 Å². The summed E-state index contributed by atoms with van der Waals surface area (Å²) in [5, 5.41) is 0. The van der Waals surface area contributed by atoms with Gasteiger partial charge in [0.1, 0.15) is 0 Å². The van der Waals surface area contributed by atoms with Gasteiger partial charge in [0, 0.05) is 6.04 Å². The fourth-order valence-electron chi connectivity index (χ4n) is 2.92. The van der Waals surface area contributed by atoms with Gasteiger partial charge in [-0.25, -0.2) is 8.78 Å². The molecule has 2 N–H and O–H groups in total. The van der Waals surface area contributed by atoms with Crippen LogP contribution in [0.4, 0.5) is 8.78 Å². The van der Waals surface area contributed by atoms with Crippen LogP contribution in [0.3, 0.4) is 0 Å². The Morgan fingerprint density at radius 1 is 1.22 bits per heavy atom. The minimum atomic E-state index is -0.784. The van der Waals surface area contributed by atoms with Gasteiger partial charge in [0.2, 0.25) is 0 Å². The Labute approximate surface area is 107 Å². The minimum Gasteiger partial charge on any atom is -0.327 e. The van der Waals surface area contributed by atoms with E-state index in [0.29, 0.717) is 12.0 Å². The van der Waals surface area contributed by atoms with Crippen molar-refractivity contribution >= 4 is 0 Å². The van der Waals surface area contributed by atoms with Crippen molar-refractivity contribution in [2.24, 2.45) is 11.1 Å². The molecular formula is C15H21F2N. The standard InChI is InChI=1S/C15H21F2N/c1-15(8-3-2-4-9-15)13(18)10-11-6-5-7-12(16)14(11)17/h5-7,13H,2-4,8-10,18H2,1H3. The van der Waals surface area contributed by atoms with Crippen LogP contribution < -0.4 is 5.73 Å². The number of benzene rings is 1. The van der Waals surface area contributed by atoms with Crippen molar-refractivity contribution < 1.29 is 8.78 Å². The molecule has 0 saturated heterocycles. The monoisotopic (exact) mass is 253 g/mol. The highest BCUT2D eigenvalue weighted by Crippen LogP contribution is 2.39. The van der Waals surface area contributed by atoms with E-state index in [4.69, 9.17) is 5.73 Å². The fourth-order valence-corrected chi connectivity index (χ4v) is 2.92. The third-order valence-corrected chi connectivity index (χ3v) is 4.36. The Balaban J connectivity index is 2.10. The zero-order valence-corrected chi connectivity index (χ0v) is 10.9. The maximum Gasteiger partial charge on any atom is 0.162 e. The van der Waals surface area contributed by atoms with E-state index < -0.39 is 11.6 Å². The van der Waals surface area contributed by atoms with E-state index in [2.05, 4.69) is 6.92 Å². The molecule has 1 atom stereocenters. The summed E-state index contributed by atoms with van der Waals surface area (Å²) in [6, 6.07) is 4.22. The maximum atomic E-state index is 13.6. The molecule has 0 heterocycles. The number of hydrogen-bond donors (Lipinski definition) is 1. The highest BCUT2D eigenvalue weighted by molar-refractivity contribution is 5.20. The number of halogens is 2. The van der Waals surface area contributed by atoms with Gasteiger partial charge >= 0.3 is 0 Å². The second-order valence-electron chi connectivity index (χ2n) is 5.74. The number of rotatable bonds is 3. The molecule has 1 aliphatic rings. The lowest BCUT2D eigenvalue weighted by atomic mass is 9.69. The minimum absolute atomic E-state index is 0.0665. The second-order valence-corrected chi connectivity index (χ2v) is 5.74. The van der Waals surface area contributed by atoms with Gasteiger partial charge in [-0.05, 0) is 36.3 Å². The van der Waals surface area contributed by atoms with Gasteiger partial charge in [-0.3, -0.25) is 0 Å². The first kappa shape index (κ1) is 13.5. The smallest absolute Gasteiger partial charge is 0.162 e. The fraction of sp³-hybridized carbons (Fsp3) is 0.600. The largest absolute Gasteiger partial charge is 0.327 e. The van der Waals surface area contributed by atoms with E-state index >= 15 is 0 Å². The first-order valence-corrected chi connectivity index (χ1v) is 6.71. The quantitative estimate of drug-likeness (QED) is 0.871. The maximum absolute atomic E-state index is 13.6. The van der Waals surface area contributed by atoms with Crippen molar-refractivity contribution in [1.82, 2.24) is 0 Å². The molecule has 3 heteroatoms. The highest BCUT2D eigenvalue weighted by atomic mass is 19.2. The third-order valence-electron chi connectivity index (χ3n) is 4.36. The Bertz CT molecular complexity index is 411. The Hall–Kier alpha value is -0.960. The van der Waals surface area contributed by atoms with Crippen LogP contribution in [-0.4, -0.2) is 6.04 Å². The SMILES string of the molecule is CC1(C(N)Cc2cccc(F)c2F)CCCCC1. The van der Waals surface area contributed by atoms with Crippen LogP contribution in [0.5, 0.6) is 0 Å². The summed E-state index contributed by atoms with van der Waals surface area (Å²) in [6.45, 7) is 2.17. The van der Waals surface area contributed by atoms with E-state index in [9.17, 15) is 8.78 Å². The zero-order chi connectivity index (χ0) is 13.2. The Morgan fingerprint density at radius 2 is 1.89 bits per heavy atom. The van der Waals surface area contributed by atoms with Crippen LogP contribution >= 0.6 is 0 Å². The first-order chi connectivity index (χ1) is 8.53. The molecule has 1 fully saturated rings.